The first-order valence-electron chi connectivity index (χ1n) is 6.25. The van der Waals surface area contributed by atoms with Crippen molar-refractivity contribution >= 4 is 10.2 Å². The van der Waals surface area contributed by atoms with Crippen molar-refractivity contribution in [3.8, 4) is 0 Å². The summed E-state index contributed by atoms with van der Waals surface area (Å²) in [6.45, 7) is 6.39. The highest BCUT2D eigenvalue weighted by Crippen LogP contribution is 2.16. The van der Waals surface area contributed by atoms with Gasteiger partial charge in [0.2, 0.25) is 0 Å². The van der Waals surface area contributed by atoms with Crippen LogP contribution in [0.1, 0.15) is 26.7 Å². The van der Waals surface area contributed by atoms with Crippen molar-refractivity contribution in [2.75, 3.05) is 33.7 Å². The van der Waals surface area contributed by atoms with Gasteiger partial charge in [0.25, 0.3) is 10.2 Å². The third-order valence-corrected chi connectivity index (χ3v) is 5.55. The Bertz CT molecular complexity index is 324. The van der Waals surface area contributed by atoms with Gasteiger partial charge in [0.1, 0.15) is 0 Å². The van der Waals surface area contributed by atoms with Crippen LogP contribution < -0.4 is 5.32 Å². The van der Waals surface area contributed by atoms with Gasteiger partial charge in [-0.1, -0.05) is 0 Å². The second-order valence-electron chi connectivity index (χ2n) is 5.09. The number of nitrogens with one attached hydrogen (secondary N) is 1. The van der Waals surface area contributed by atoms with Crippen molar-refractivity contribution in [2.45, 2.75) is 32.7 Å². The van der Waals surface area contributed by atoms with Gasteiger partial charge in [0, 0.05) is 26.7 Å². The van der Waals surface area contributed by atoms with Gasteiger partial charge in [0.05, 0.1) is 0 Å². The van der Waals surface area contributed by atoms with Crippen molar-refractivity contribution in [3.63, 3.8) is 0 Å². The Labute approximate surface area is 105 Å². The molecule has 0 bridgehead atoms. The fraction of sp³-hybridized carbons (Fsp3) is 1.00. The highest BCUT2D eigenvalue weighted by atomic mass is 32.2. The molecule has 17 heavy (non-hydrogen) atoms. The molecule has 0 amide bonds. The van der Waals surface area contributed by atoms with E-state index in [1.165, 1.54) is 8.61 Å². The Morgan fingerprint density at radius 1 is 1.24 bits per heavy atom. The SMILES string of the molecule is CC(C)N(C)S(=O)(=O)N(C)CC1CCNCC1. The molecule has 0 unspecified atom stereocenters. The molecule has 1 aliphatic rings. The van der Waals surface area contributed by atoms with E-state index in [-0.39, 0.29) is 6.04 Å². The van der Waals surface area contributed by atoms with Gasteiger partial charge < -0.3 is 5.32 Å². The average Bonchev–Trinajstić information content (AvgIpc) is 2.29. The van der Waals surface area contributed by atoms with Crippen LogP contribution in [0, 0.1) is 5.92 Å². The Morgan fingerprint density at radius 3 is 2.24 bits per heavy atom. The quantitative estimate of drug-likeness (QED) is 0.786. The number of nitrogens with zero attached hydrogens (tertiary/aromatic N) is 2. The molecule has 0 aromatic carbocycles. The second kappa shape index (κ2) is 6.13. The molecular weight excluding hydrogens is 238 g/mol. The molecule has 1 saturated heterocycles. The van der Waals surface area contributed by atoms with Gasteiger partial charge in [-0.3, -0.25) is 0 Å². The lowest BCUT2D eigenvalue weighted by Crippen LogP contribution is -2.45. The van der Waals surface area contributed by atoms with E-state index >= 15 is 0 Å². The summed E-state index contributed by atoms with van der Waals surface area (Å²) in [5.41, 5.74) is 0. The predicted molar refractivity (Wildman–Crippen MR) is 70.0 cm³/mol. The summed E-state index contributed by atoms with van der Waals surface area (Å²) in [7, 11) is 0.0233. The Kier molecular flexibility index (Phi) is 5.37. The van der Waals surface area contributed by atoms with Gasteiger partial charge in [-0.25, -0.2) is 0 Å². The van der Waals surface area contributed by atoms with Crippen LogP contribution in [0.4, 0.5) is 0 Å². The van der Waals surface area contributed by atoms with Crippen molar-refractivity contribution in [3.05, 3.63) is 0 Å². The summed E-state index contributed by atoms with van der Waals surface area (Å²) in [6, 6.07) is -0.00419. The molecule has 1 heterocycles. The molecule has 102 valence electrons. The average molecular weight is 263 g/mol. The van der Waals surface area contributed by atoms with Crippen LogP contribution in [0.3, 0.4) is 0 Å². The Morgan fingerprint density at radius 2 is 1.76 bits per heavy atom. The van der Waals surface area contributed by atoms with Gasteiger partial charge in [-0.05, 0) is 45.7 Å². The minimum atomic E-state index is -3.29. The largest absolute Gasteiger partial charge is 0.317 e. The predicted octanol–water partition coefficient (Wildman–Crippen LogP) is 0.503. The molecule has 1 aliphatic heterocycles. The summed E-state index contributed by atoms with van der Waals surface area (Å²) in [5.74, 6) is 0.483. The smallest absolute Gasteiger partial charge is 0.281 e. The third kappa shape index (κ3) is 3.91. The summed E-state index contributed by atoms with van der Waals surface area (Å²) >= 11 is 0. The molecule has 0 aromatic heterocycles. The van der Waals surface area contributed by atoms with Crippen LogP contribution in [-0.4, -0.2) is 56.8 Å². The molecule has 1 fully saturated rings. The molecule has 1 rings (SSSR count). The van der Waals surface area contributed by atoms with Crippen LogP contribution in [-0.2, 0) is 10.2 Å². The van der Waals surface area contributed by atoms with E-state index in [0.717, 1.165) is 25.9 Å². The monoisotopic (exact) mass is 263 g/mol. The normalized spacial score (nSPS) is 19.5. The number of hydrogen-bond acceptors (Lipinski definition) is 3. The van der Waals surface area contributed by atoms with Crippen LogP contribution >= 0.6 is 0 Å². The minimum absolute atomic E-state index is 0.00419. The van der Waals surface area contributed by atoms with Crippen molar-refractivity contribution < 1.29 is 8.42 Å². The Hall–Kier alpha value is -0.170. The summed E-state index contributed by atoms with van der Waals surface area (Å²) in [6.07, 6.45) is 2.12. The molecule has 5 nitrogen and oxygen atoms in total. The highest BCUT2D eigenvalue weighted by Gasteiger charge is 2.27. The van der Waals surface area contributed by atoms with Crippen LogP contribution in [0.5, 0.6) is 0 Å². The van der Waals surface area contributed by atoms with E-state index in [1.807, 2.05) is 13.8 Å². The van der Waals surface area contributed by atoms with Crippen LogP contribution in [0.15, 0.2) is 0 Å². The molecule has 1 N–H and O–H groups in total. The van der Waals surface area contributed by atoms with E-state index in [9.17, 15) is 8.42 Å². The number of rotatable bonds is 5. The lowest BCUT2D eigenvalue weighted by Gasteiger charge is -2.31. The first-order chi connectivity index (χ1) is 7.85. The van der Waals surface area contributed by atoms with Gasteiger partial charge in [0.15, 0.2) is 0 Å². The lowest BCUT2D eigenvalue weighted by atomic mass is 9.98. The van der Waals surface area contributed by atoms with Crippen LogP contribution in [0.25, 0.3) is 0 Å². The minimum Gasteiger partial charge on any atom is -0.317 e. The van der Waals surface area contributed by atoms with Crippen molar-refractivity contribution in [1.29, 1.82) is 0 Å². The van der Waals surface area contributed by atoms with E-state index < -0.39 is 10.2 Å². The van der Waals surface area contributed by atoms with Crippen LogP contribution in [0.2, 0.25) is 0 Å². The summed E-state index contributed by atoms with van der Waals surface area (Å²) < 4.78 is 27.3. The first-order valence-corrected chi connectivity index (χ1v) is 7.65. The third-order valence-electron chi connectivity index (χ3n) is 3.46. The van der Waals surface area contributed by atoms with Gasteiger partial charge in [-0.15, -0.1) is 0 Å². The second-order valence-corrected chi connectivity index (χ2v) is 7.19. The zero-order chi connectivity index (χ0) is 13.1. The number of hydrogen-bond donors (Lipinski definition) is 1. The zero-order valence-corrected chi connectivity index (χ0v) is 12.1. The topological polar surface area (TPSA) is 52.7 Å². The molecule has 0 atom stereocenters. The first kappa shape index (κ1) is 14.9. The summed E-state index contributed by atoms with van der Waals surface area (Å²) in [4.78, 5) is 0. The van der Waals surface area contributed by atoms with E-state index in [0.29, 0.717) is 12.5 Å². The van der Waals surface area contributed by atoms with Crippen molar-refractivity contribution in [2.24, 2.45) is 5.92 Å². The fourth-order valence-corrected chi connectivity index (χ4v) is 3.38. The van der Waals surface area contributed by atoms with E-state index in [2.05, 4.69) is 5.32 Å². The highest BCUT2D eigenvalue weighted by molar-refractivity contribution is 7.86. The maximum atomic E-state index is 12.2. The van der Waals surface area contributed by atoms with Crippen molar-refractivity contribution in [1.82, 2.24) is 13.9 Å². The van der Waals surface area contributed by atoms with Gasteiger partial charge >= 0.3 is 0 Å². The maximum Gasteiger partial charge on any atom is 0.281 e. The molecule has 6 heteroatoms. The van der Waals surface area contributed by atoms with E-state index in [4.69, 9.17) is 0 Å². The molecule has 0 radical (unpaired) electrons. The molecule has 0 aliphatic carbocycles. The standard InChI is InChI=1S/C11H25N3O2S/c1-10(2)14(4)17(15,16)13(3)9-11-5-7-12-8-6-11/h10-12H,5-9H2,1-4H3. The fourth-order valence-electron chi connectivity index (χ4n) is 2.01. The number of piperidine rings is 1. The molecule has 0 saturated carbocycles. The van der Waals surface area contributed by atoms with Gasteiger partial charge in [-0.2, -0.15) is 17.0 Å². The zero-order valence-electron chi connectivity index (χ0n) is 11.3. The molecule has 0 aromatic rings. The summed E-state index contributed by atoms with van der Waals surface area (Å²) in [5, 5.41) is 3.29. The maximum absolute atomic E-state index is 12.2. The Balaban J connectivity index is 2.58. The lowest BCUT2D eigenvalue weighted by molar-refractivity contribution is 0.290. The van der Waals surface area contributed by atoms with E-state index in [1.54, 1.807) is 14.1 Å². The molecular formula is C11H25N3O2S. The molecule has 0 spiro atoms.